The fourth-order valence-electron chi connectivity index (χ4n) is 3.02. The number of halogens is 1. The van der Waals surface area contributed by atoms with Crippen molar-refractivity contribution in [2.75, 3.05) is 20.7 Å². The number of ether oxygens (including phenoxy) is 1. The lowest BCUT2D eigenvalue weighted by atomic mass is 10.1. The number of carbonyl (C=O) groups excluding carboxylic acids is 3. The van der Waals surface area contributed by atoms with Crippen LogP contribution in [-0.2, 0) is 19.7 Å². The zero-order valence-corrected chi connectivity index (χ0v) is 20.7. The average molecular weight is 537 g/mol. The fraction of sp³-hybridized carbons (Fsp3) is 0.227. The highest BCUT2D eigenvalue weighted by Crippen LogP contribution is 2.39. The van der Waals surface area contributed by atoms with Gasteiger partial charge in [-0.05, 0) is 65.7 Å². The van der Waals surface area contributed by atoms with Gasteiger partial charge in [0.15, 0.2) is 11.5 Å². The van der Waals surface area contributed by atoms with Crippen LogP contribution >= 0.6 is 15.9 Å². The highest BCUT2D eigenvalue weighted by Gasteiger charge is 2.37. The van der Waals surface area contributed by atoms with Crippen LogP contribution in [0.2, 0.25) is 0 Å². The van der Waals surface area contributed by atoms with Crippen molar-refractivity contribution < 1.29 is 31.7 Å². The Bertz CT molecular complexity index is 1240. The summed E-state index contributed by atoms with van der Waals surface area (Å²) in [7, 11) is -1.61. The smallest absolute Gasteiger partial charge is 0.339 e. The SMILES string of the molecule is CCOc1cc(C=C2C(=O)N(C)C(=O)N(C)C2=O)cc(Br)c1OS(=O)(=O)c1ccc(C)cc1. The maximum atomic E-state index is 12.8. The lowest BCUT2D eigenvalue weighted by molar-refractivity contribution is -0.134. The van der Waals surface area contributed by atoms with Gasteiger partial charge in [-0.25, -0.2) is 4.79 Å². The third kappa shape index (κ3) is 4.93. The molecule has 0 bridgehead atoms. The molecule has 0 saturated carbocycles. The van der Waals surface area contributed by atoms with Crippen LogP contribution in [0.4, 0.5) is 4.79 Å². The maximum Gasteiger partial charge on any atom is 0.339 e. The number of urea groups is 1. The first-order valence-electron chi connectivity index (χ1n) is 9.75. The minimum atomic E-state index is -4.16. The van der Waals surface area contributed by atoms with Crippen LogP contribution in [0.15, 0.2) is 51.3 Å². The summed E-state index contributed by atoms with van der Waals surface area (Å²) in [4.78, 5) is 38.5. The third-order valence-corrected chi connectivity index (χ3v) is 6.61. The zero-order chi connectivity index (χ0) is 24.5. The van der Waals surface area contributed by atoms with Gasteiger partial charge in [-0.3, -0.25) is 19.4 Å². The molecule has 2 aromatic rings. The molecule has 0 N–H and O–H groups in total. The topological polar surface area (TPSA) is 110 Å². The van der Waals surface area contributed by atoms with Crippen LogP contribution in [0.3, 0.4) is 0 Å². The molecule has 174 valence electrons. The Kier molecular flexibility index (Phi) is 6.94. The molecule has 0 spiro atoms. The first-order chi connectivity index (χ1) is 15.5. The summed E-state index contributed by atoms with van der Waals surface area (Å²) in [6.45, 7) is 3.74. The Hall–Kier alpha value is -3.18. The van der Waals surface area contributed by atoms with Gasteiger partial charge in [0.25, 0.3) is 11.8 Å². The van der Waals surface area contributed by atoms with Crippen LogP contribution in [0.1, 0.15) is 18.1 Å². The Morgan fingerprint density at radius 3 is 2.12 bits per heavy atom. The summed E-state index contributed by atoms with van der Waals surface area (Å²) in [6, 6.07) is 8.37. The maximum absolute atomic E-state index is 12.8. The lowest BCUT2D eigenvalue weighted by Crippen LogP contribution is -2.52. The van der Waals surface area contributed by atoms with Crippen molar-refractivity contribution in [2.45, 2.75) is 18.7 Å². The van der Waals surface area contributed by atoms with Crippen molar-refractivity contribution in [1.82, 2.24) is 9.80 Å². The molecule has 0 radical (unpaired) electrons. The standard InChI is InChI=1S/C22H21BrN2O7S/c1-5-31-18-12-14(10-16-20(26)24(3)22(28)25(4)21(16)27)11-17(23)19(18)32-33(29,30)15-8-6-13(2)7-9-15/h6-12H,5H2,1-4H3. The first kappa shape index (κ1) is 24.5. The van der Waals surface area contributed by atoms with E-state index in [-0.39, 0.29) is 33.0 Å². The van der Waals surface area contributed by atoms with Crippen LogP contribution in [0.25, 0.3) is 6.08 Å². The van der Waals surface area contributed by atoms with Gasteiger partial charge in [0.2, 0.25) is 0 Å². The van der Waals surface area contributed by atoms with E-state index in [0.29, 0.717) is 5.56 Å². The van der Waals surface area contributed by atoms with Crippen molar-refractivity contribution >= 4 is 50.0 Å². The Morgan fingerprint density at radius 2 is 1.58 bits per heavy atom. The second kappa shape index (κ2) is 9.36. The number of likely N-dealkylation sites (N-methyl/N-ethyl adjacent to an activating group) is 2. The van der Waals surface area contributed by atoms with Gasteiger partial charge >= 0.3 is 16.1 Å². The Balaban J connectivity index is 2.04. The molecule has 9 nitrogen and oxygen atoms in total. The van der Waals surface area contributed by atoms with E-state index < -0.39 is 28.0 Å². The number of barbiturate groups is 1. The number of imide groups is 2. The Labute approximate surface area is 199 Å². The second-order valence-corrected chi connectivity index (χ2v) is 9.58. The molecule has 1 heterocycles. The Morgan fingerprint density at radius 1 is 1.00 bits per heavy atom. The normalized spacial score (nSPS) is 14.6. The molecule has 1 fully saturated rings. The molecule has 0 aliphatic carbocycles. The summed E-state index contributed by atoms with van der Waals surface area (Å²) in [5, 5.41) is 0. The van der Waals surface area contributed by atoms with E-state index in [1.165, 1.54) is 44.4 Å². The minimum Gasteiger partial charge on any atom is -0.490 e. The van der Waals surface area contributed by atoms with Crippen molar-refractivity contribution in [3.05, 3.63) is 57.6 Å². The number of amides is 4. The van der Waals surface area contributed by atoms with Gasteiger partial charge in [-0.15, -0.1) is 0 Å². The van der Waals surface area contributed by atoms with E-state index in [0.717, 1.165) is 15.4 Å². The summed E-state index contributed by atoms with van der Waals surface area (Å²) >= 11 is 3.29. The molecule has 1 saturated heterocycles. The van der Waals surface area contributed by atoms with E-state index in [9.17, 15) is 22.8 Å². The summed E-state index contributed by atoms with van der Waals surface area (Å²) in [6.07, 6.45) is 1.30. The van der Waals surface area contributed by atoms with Gasteiger partial charge < -0.3 is 8.92 Å². The quantitative estimate of drug-likeness (QED) is 0.316. The number of hydrogen-bond acceptors (Lipinski definition) is 7. The molecule has 0 unspecified atom stereocenters. The summed E-state index contributed by atoms with van der Waals surface area (Å²) < 4.78 is 36.7. The van der Waals surface area contributed by atoms with Gasteiger partial charge in [0, 0.05) is 14.1 Å². The lowest BCUT2D eigenvalue weighted by Gasteiger charge is -2.28. The molecule has 4 amide bonds. The second-order valence-electron chi connectivity index (χ2n) is 7.18. The number of rotatable bonds is 6. The van der Waals surface area contributed by atoms with E-state index in [1.54, 1.807) is 19.1 Å². The van der Waals surface area contributed by atoms with E-state index >= 15 is 0 Å². The predicted molar refractivity (Wildman–Crippen MR) is 123 cm³/mol. The summed E-state index contributed by atoms with van der Waals surface area (Å²) in [5.41, 5.74) is 1.03. The highest BCUT2D eigenvalue weighted by molar-refractivity contribution is 9.10. The zero-order valence-electron chi connectivity index (χ0n) is 18.3. The number of nitrogens with zero attached hydrogens (tertiary/aromatic N) is 2. The molecular formula is C22H21BrN2O7S. The monoisotopic (exact) mass is 536 g/mol. The molecule has 1 aliphatic heterocycles. The number of hydrogen-bond donors (Lipinski definition) is 0. The van der Waals surface area contributed by atoms with Crippen LogP contribution in [0.5, 0.6) is 11.5 Å². The molecule has 11 heteroatoms. The predicted octanol–water partition coefficient (Wildman–Crippen LogP) is 3.36. The molecule has 1 aliphatic rings. The highest BCUT2D eigenvalue weighted by atomic mass is 79.9. The number of aryl methyl sites for hydroxylation is 1. The first-order valence-corrected chi connectivity index (χ1v) is 12.0. The van der Waals surface area contributed by atoms with Crippen LogP contribution in [-0.4, -0.2) is 56.8 Å². The molecule has 0 atom stereocenters. The third-order valence-electron chi connectivity index (χ3n) is 4.79. The average Bonchev–Trinajstić information content (AvgIpc) is 2.77. The van der Waals surface area contributed by atoms with Crippen LogP contribution < -0.4 is 8.92 Å². The molecular weight excluding hydrogens is 516 g/mol. The van der Waals surface area contributed by atoms with Crippen molar-refractivity contribution in [1.29, 1.82) is 0 Å². The van der Waals surface area contributed by atoms with Crippen LogP contribution in [0, 0.1) is 6.92 Å². The van der Waals surface area contributed by atoms with E-state index in [4.69, 9.17) is 8.92 Å². The number of carbonyl (C=O) groups is 3. The van der Waals surface area contributed by atoms with Gasteiger partial charge in [-0.1, -0.05) is 17.7 Å². The van der Waals surface area contributed by atoms with E-state index in [2.05, 4.69) is 15.9 Å². The molecule has 2 aromatic carbocycles. The van der Waals surface area contributed by atoms with E-state index in [1.807, 2.05) is 6.92 Å². The van der Waals surface area contributed by atoms with Gasteiger partial charge in [-0.2, -0.15) is 8.42 Å². The van der Waals surface area contributed by atoms with Crippen molar-refractivity contribution in [3.8, 4) is 11.5 Å². The molecule has 33 heavy (non-hydrogen) atoms. The largest absolute Gasteiger partial charge is 0.490 e. The van der Waals surface area contributed by atoms with Crippen molar-refractivity contribution in [3.63, 3.8) is 0 Å². The minimum absolute atomic E-state index is 0.0252. The van der Waals surface area contributed by atoms with Gasteiger partial charge in [0.05, 0.1) is 11.1 Å². The molecule has 0 aromatic heterocycles. The van der Waals surface area contributed by atoms with Gasteiger partial charge in [0.1, 0.15) is 10.5 Å². The molecule has 3 rings (SSSR count). The number of benzene rings is 2. The van der Waals surface area contributed by atoms with Crippen molar-refractivity contribution in [2.24, 2.45) is 0 Å². The fourth-order valence-corrected chi connectivity index (χ4v) is 4.62. The summed E-state index contributed by atoms with van der Waals surface area (Å²) in [5.74, 6) is -1.49.